The van der Waals surface area contributed by atoms with E-state index in [9.17, 15) is 9.59 Å². The molecule has 1 fully saturated rings. The summed E-state index contributed by atoms with van der Waals surface area (Å²) in [4.78, 5) is 31.4. The lowest BCUT2D eigenvalue weighted by Gasteiger charge is -2.22. The Morgan fingerprint density at radius 2 is 1.87 bits per heavy atom. The number of nitrogens with one attached hydrogen (secondary N) is 2. The minimum Gasteiger partial charge on any atom is -0.349 e. The number of aromatic nitrogens is 2. The Bertz CT molecular complexity index is 1090. The van der Waals surface area contributed by atoms with Crippen molar-refractivity contribution < 1.29 is 9.69 Å². The van der Waals surface area contributed by atoms with Crippen LogP contribution in [0.3, 0.4) is 0 Å². The fraction of sp³-hybridized carbons (Fsp3) is 0.348. The van der Waals surface area contributed by atoms with Crippen molar-refractivity contribution >= 4 is 28.6 Å². The Morgan fingerprint density at radius 3 is 2.57 bits per heavy atom. The van der Waals surface area contributed by atoms with Gasteiger partial charge in [0.25, 0.3) is 5.56 Å². The number of carbonyl (C=O) groups is 1. The topological polar surface area (TPSA) is 68.4 Å². The maximum Gasteiger partial charge on any atom is 0.262 e. The number of benzene rings is 2. The summed E-state index contributed by atoms with van der Waals surface area (Å²) >= 11 is 1.34. The first kappa shape index (κ1) is 20.6. The van der Waals surface area contributed by atoms with Gasteiger partial charge in [-0.3, -0.25) is 14.2 Å². The van der Waals surface area contributed by atoms with E-state index >= 15 is 0 Å². The number of fused-ring (bicyclic) bond motifs is 1. The molecule has 1 heterocycles. The van der Waals surface area contributed by atoms with Crippen LogP contribution in [0.5, 0.6) is 0 Å². The third-order valence-electron chi connectivity index (χ3n) is 5.42. The van der Waals surface area contributed by atoms with Gasteiger partial charge in [-0.1, -0.05) is 54.2 Å². The second-order valence-corrected chi connectivity index (χ2v) is 8.89. The minimum absolute atomic E-state index is 0.00800. The number of likely N-dealkylation sites (N-methyl/N-ethyl adjacent to an activating group) is 1. The van der Waals surface area contributed by atoms with E-state index in [1.165, 1.54) is 22.2 Å². The first-order chi connectivity index (χ1) is 14.5. The second-order valence-electron chi connectivity index (χ2n) is 7.95. The predicted molar refractivity (Wildman–Crippen MR) is 120 cm³/mol. The van der Waals surface area contributed by atoms with Crippen LogP contribution < -0.4 is 15.8 Å². The van der Waals surface area contributed by atoms with E-state index in [-0.39, 0.29) is 29.3 Å². The maximum absolute atomic E-state index is 12.9. The third-order valence-corrected chi connectivity index (χ3v) is 6.37. The SMILES string of the molecule is C[NH+](C)[C@H](CNC(=O)CSc1nc2ccccc2c(=O)n1C1CC1)c1ccccc1. The summed E-state index contributed by atoms with van der Waals surface area (Å²) in [5.41, 5.74) is 1.87. The summed E-state index contributed by atoms with van der Waals surface area (Å²) in [6, 6.07) is 18.0. The number of amides is 1. The monoisotopic (exact) mass is 423 g/mol. The second kappa shape index (κ2) is 9.02. The molecule has 1 aliphatic rings. The average Bonchev–Trinajstić information content (AvgIpc) is 3.58. The predicted octanol–water partition coefficient (Wildman–Crippen LogP) is 1.83. The molecule has 1 amide bonds. The van der Waals surface area contributed by atoms with Gasteiger partial charge >= 0.3 is 0 Å². The van der Waals surface area contributed by atoms with Crippen molar-refractivity contribution in [2.24, 2.45) is 0 Å². The van der Waals surface area contributed by atoms with Crippen LogP contribution in [0.4, 0.5) is 0 Å². The van der Waals surface area contributed by atoms with Gasteiger partial charge in [0, 0.05) is 11.6 Å². The summed E-state index contributed by atoms with van der Waals surface area (Å²) in [6.45, 7) is 0.562. The van der Waals surface area contributed by atoms with E-state index in [1.807, 2.05) is 42.5 Å². The number of carbonyl (C=O) groups excluding carboxylic acids is 1. The zero-order valence-electron chi connectivity index (χ0n) is 17.3. The van der Waals surface area contributed by atoms with Gasteiger partial charge in [0.2, 0.25) is 5.91 Å². The minimum atomic E-state index is -0.0491. The van der Waals surface area contributed by atoms with E-state index in [0.717, 1.165) is 12.8 Å². The molecule has 0 bridgehead atoms. The summed E-state index contributed by atoms with van der Waals surface area (Å²) in [6.07, 6.45) is 1.98. The Hall–Kier alpha value is -2.64. The highest BCUT2D eigenvalue weighted by Gasteiger charge is 2.29. The Morgan fingerprint density at radius 1 is 1.17 bits per heavy atom. The van der Waals surface area contributed by atoms with Gasteiger partial charge in [-0.25, -0.2) is 4.98 Å². The van der Waals surface area contributed by atoms with Crippen molar-refractivity contribution in [3.63, 3.8) is 0 Å². The Kier molecular flexibility index (Phi) is 6.20. The van der Waals surface area contributed by atoms with E-state index < -0.39 is 0 Å². The standard InChI is InChI=1S/C23H26N4O2S/c1-26(2)20(16-8-4-3-5-9-16)14-24-21(28)15-30-23-25-19-11-7-6-10-18(19)22(29)27(23)17-12-13-17/h3-11,17,20H,12-15H2,1-2H3,(H,24,28)/p+1/t20-/m1/s1. The largest absolute Gasteiger partial charge is 0.349 e. The highest BCUT2D eigenvalue weighted by atomic mass is 32.2. The van der Waals surface area contributed by atoms with Crippen molar-refractivity contribution in [2.75, 3.05) is 26.4 Å². The van der Waals surface area contributed by atoms with E-state index in [0.29, 0.717) is 22.6 Å². The fourth-order valence-corrected chi connectivity index (χ4v) is 4.52. The smallest absolute Gasteiger partial charge is 0.262 e. The summed E-state index contributed by atoms with van der Waals surface area (Å²) < 4.78 is 1.77. The first-order valence-corrected chi connectivity index (χ1v) is 11.3. The van der Waals surface area contributed by atoms with Crippen LogP contribution in [0, 0.1) is 0 Å². The summed E-state index contributed by atoms with van der Waals surface area (Å²) in [5.74, 6) is 0.189. The number of rotatable bonds is 8. The molecule has 3 aromatic rings. The van der Waals surface area contributed by atoms with Crippen LogP contribution in [-0.2, 0) is 4.79 Å². The quantitative estimate of drug-likeness (QED) is 0.428. The molecule has 6 nitrogen and oxygen atoms in total. The molecule has 1 aliphatic carbocycles. The normalized spacial score (nSPS) is 14.8. The Balaban J connectivity index is 1.44. The van der Waals surface area contributed by atoms with Gasteiger partial charge < -0.3 is 10.2 Å². The molecule has 0 radical (unpaired) electrons. The van der Waals surface area contributed by atoms with Crippen LogP contribution in [0.1, 0.15) is 30.5 Å². The molecule has 1 atom stereocenters. The number of hydrogen-bond acceptors (Lipinski definition) is 4. The summed E-state index contributed by atoms with van der Waals surface area (Å²) in [5, 5.41) is 4.32. The molecule has 4 rings (SSSR count). The highest BCUT2D eigenvalue weighted by Crippen LogP contribution is 2.36. The van der Waals surface area contributed by atoms with Gasteiger partial charge in [-0.15, -0.1) is 0 Å². The van der Waals surface area contributed by atoms with Gasteiger partial charge in [-0.2, -0.15) is 0 Å². The molecule has 0 spiro atoms. The van der Waals surface area contributed by atoms with Crippen molar-refractivity contribution in [3.8, 4) is 0 Å². The first-order valence-electron chi connectivity index (χ1n) is 10.3. The van der Waals surface area contributed by atoms with E-state index in [2.05, 4.69) is 36.5 Å². The van der Waals surface area contributed by atoms with Crippen molar-refractivity contribution in [1.29, 1.82) is 0 Å². The molecule has 0 aliphatic heterocycles. The van der Waals surface area contributed by atoms with Crippen LogP contribution in [0.25, 0.3) is 10.9 Å². The molecule has 2 aromatic carbocycles. The average molecular weight is 424 g/mol. The third kappa shape index (κ3) is 4.57. The lowest BCUT2D eigenvalue weighted by molar-refractivity contribution is -0.890. The van der Waals surface area contributed by atoms with Gasteiger partial charge in [-0.05, 0) is 25.0 Å². The molecule has 2 N–H and O–H groups in total. The number of nitrogens with zero attached hydrogens (tertiary/aromatic N) is 2. The molecule has 7 heteroatoms. The van der Waals surface area contributed by atoms with Crippen LogP contribution in [0.15, 0.2) is 64.5 Å². The molecule has 1 aromatic heterocycles. The molecule has 0 unspecified atom stereocenters. The number of para-hydroxylation sites is 1. The lowest BCUT2D eigenvalue weighted by Crippen LogP contribution is -3.07. The van der Waals surface area contributed by atoms with Crippen molar-refractivity contribution in [3.05, 3.63) is 70.5 Å². The van der Waals surface area contributed by atoms with Crippen LogP contribution in [-0.4, -0.2) is 41.9 Å². The lowest BCUT2D eigenvalue weighted by atomic mass is 10.1. The molecule has 1 saturated carbocycles. The highest BCUT2D eigenvalue weighted by molar-refractivity contribution is 7.99. The van der Waals surface area contributed by atoms with Gasteiger partial charge in [0.1, 0.15) is 6.04 Å². The zero-order valence-corrected chi connectivity index (χ0v) is 18.1. The van der Waals surface area contributed by atoms with Gasteiger partial charge in [0.15, 0.2) is 5.16 Å². The van der Waals surface area contributed by atoms with Crippen molar-refractivity contribution in [2.45, 2.75) is 30.1 Å². The number of quaternary nitrogens is 1. The van der Waals surface area contributed by atoms with E-state index in [1.54, 1.807) is 4.57 Å². The molecular weight excluding hydrogens is 396 g/mol. The molecule has 0 saturated heterocycles. The van der Waals surface area contributed by atoms with Gasteiger partial charge in [0.05, 0.1) is 37.3 Å². The molecule has 30 heavy (non-hydrogen) atoms. The maximum atomic E-state index is 12.9. The zero-order chi connectivity index (χ0) is 21.1. The summed E-state index contributed by atoms with van der Waals surface area (Å²) in [7, 11) is 4.18. The number of thioether (sulfide) groups is 1. The van der Waals surface area contributed by atoms with Crippen LogP contribution in [0.2, 0.25) is 0 Å². The molecular formula is C23H27N4O2S+. The van der Waals surface area contributed by atoms with Crippen molar-refractivity contribution in [1.82, 2.24) is 14.9 Å². The molecule has 156 valence electrons. The fourth-order valence-electron chi connectivity index (χ4n) is 3.62. The van der Waals surface area contributed by atoms with E-state index in [4.69, 9.17) is 0 Å². The number of hydrogen-bond donors (Lipinski definition) is 2. The van der Waals surface area contributed by atoms with Crippen LogP contribution >= 0.6 is 11.8 Å². The Labute approximate surface area is 180 Å².